The summed E-state index contributed by atoms with van der Waals surface area (Å²) in [6.07, 6.45) is -0.437. The van der Waals surface area contributed by atoms with Gasteiger partial charge in [0, 0.05) is 6.54 Å². The summed E-state index contributed by atoms with van der Waals surface area (Å²) < 4.78 is 10.2. The summed E-state index contributed by atoms with van der Waals surface area (Å²) in [6, 6.07) is 8.56. The maximum atomic E-state index is 11.9. The number of Topliss-reactive ketones (excluding diaryl/α,β-unsaturated/α-hetero) is 1. The van der Waals surface area contributed by atoms with Gasteiger partial charge in [-0.05, 0) is 39.2 Å². The Balaban J connectivity index is 2.33. The lowest BCUT2D eigenvalue weighted by molar-refractivity contribution is -0.118. The van der Waals surface area contributed by atoms with Crippen LogP contribution in [0.15, 0.2) is 30.3 Å². The molecule has 27 heavy (non-hydrogen) atoms. The molecule has 0 aliphatic rings. The number of nitrogens with one attached hydrogen (secondary N) is 2. The molecular weight excluding hydrogens is 372 g/mol. The van der Waals surface area contributed by atoms with E-state index in [1.165, 1.54) is 0 Å². The third-order valence-corrected chi connectivity index (χ3v) is 3.63. The molecule has 0 saturated carbocycles. The summed E-state index contributed by atoms with van der Waals surface area (Å²) in [6.45, 7) is 5.68. The molecule has 0 spiro atoms. The van der Waals surface area contributed by atoms with Gasteiger partial charge < -0.3 is 20.1 Å². The molecule has 0 saturated heterocycles. The smallest absolute Gasteiger partial charge is 0.408 e. The fourth-order valence-corrected chi connectivity index (χ4v) is 2.31. The van der Waals surface area contributed by atoms with E-state index >= 15 is 0 Å². The van der Waals surface area contributed by atoms with Gasteiger partial charge in [-0.1, -0.05) is 30.3 Å². The van der Waals surface area contributed by atoms with E-state index in [1.54, 1.807) is 20.8 Å². The predicted molar refractivity (Wildman–Crippen MR) is 103 cm³/mol. The number of hydrogen-bond donors (Lipinski definition) is 2. The lowest BCUT2D eigenvalue weighted by Crippen LogP contribution is -2.44. The van der Waals surface area contributed by atoms with Gasteiger partial charge in [0.25, 0.3) is 0 Å². The zero-order chi connectivity index (χ0) is 20.3. The van der Waals surface area contributed by atoms with E-state index in [0.717, 1.165) is 5.56 Å². The molecule has 8 heteroatoms. The Morgan fingerprint density at radius 3 is 2.37 bits per heavy atom. The Morgan fingerprint density at radius 2 is 1.78 bits per heavy atom. The Labute approximate surface area is 164 Å². The topological polar surface area (TPSA) is 93.7 Å². The Kier molecular flexibility index (Phi) is 9.64. The summed E-state index contributed by atoms with van der Waals surface area (Å²) in [4.78, 5) is 35.4. The van der Waals surface area contributed by atoms with Crippen LogP contribution in [-0.4, -0.2) is 42.0 Å². The summed E-state index contributed by atoms with van der Waals surface area (Å²) in [5.74, 6) is -0.526. The minimum atomic E-state index is -0.764. The Morgan fingerprint density at radius 1 is 1.11 bits per heavy atom. The van der Waals surface area contributed by atoms with Crippen molar-refractivity contribution in [1.29, 1.82) is 0 Å². The molecule has 2 amide bonds. The van der Waals surface area contributed by atoms with E-state index in [2.05, 4.69) is 10.6 Å². The molecule has 1 aromatic carbocycles. The average molecular weight is 399 g/mol. The van der Waals surface area contributed by atoms with Crippen LogP contribution in [0.2, 0.25) is 0 Å². The lowest BCUT2D eigenvalue weighted by atomic mass is 10.1. The van der Waals surface area contributed by atoms with Crippen molar-refractivity contribution >= 4 is 29.6 Å². The molecule has 7 nitrogen and oxygen atoms in total. The SMILES string of the molecule is CC(C)(C)OC(=O)NC(CCCNC(=O)OCc1ccccc1)C(=O)CCl. The maximum absolute atomic E-state index is 11.9. The summed E-state index contributed by atoms with van der Waals surface area (Å²) >= 11 is 5.59. The number of hydrogen-bond acceptors (Lipinski definition) is 5. The van der Waals surface area contributed by atoms with Gasteiger partial charge in [-0.2, -0.15) is 0 Å². The van der Waals surface area contributed by atoms with Crippen molar-refractivity contribution in [3.05, 3.63) is 35.9 Å². The number of halogens is 1. The van der Waals surface area contributed by atoms with E-state index in [9.17, 15) is 14.4 Å². The number of alkyl carbamates (subject to hydrolysis) is 2. The van der Waals surface area contributed by atoms with Gasteiger partial charge >= 0.3 is 12.2 Å². The average Bonchev–Trinajstić information content (AvgIpc) is 2.61. The zero-order valence-electron chi connectivity index (χ0n) is 15.9. The highest BCUT2D eigenvalue weighted by Crippen LogP contribution is 2.08. The summed E-state index contributed by atoms with van der Waals surface area (Å²) in [7, 11) is 0. The molecule has 2 N–H and O–H groups in total. The largest absolute Gasteiger partial charge is 0.445 e. The molecule has 0 radical (unpaired) electrons. The van der Waals surface area contributed by atoms with Crippen molar-refractivity contribution < 1.29 is 23.9 Å². The number of ketones is 1. The molecule has 0 bridgehead atoms. The van der Waals surface area contributed by atoms with Crippen LogP contribution in [0.25, 0.3) is 0 Å². The fourth-order valence-electron chi connectivity index (χ4n) is 2.13. The van der Waals surface area contributed by atoms with Crippen molar-refractivity contribution in [3.8, 4) is 0 Å². The van der Waals surface area contributed by atoms with Crippen LogP contribution in [0.1, 0.15) is 39.2 Å². The molecular formula is C19H27ClN2O5. The Bertz CT molecular complexity index is 616. The van der Waals surface area contributed by atoms with Crippen molar-refractivity contribution in [1.82, 2.24) is 10.6 Å². The highest BCUT2D eigenvalue weighted by molar-refractivity contribution is 6.28. The predicted octanol–water partition coefficient (Wildman–Crippen LogP) is 3.39. The van der Waals surface area contributed by atoms with Crippen molar-refractivity contribution in [3.63, 3.8) is 0 Å². The van der Waals surface area contributed by atoms with Crippen LogP contribution in [0.3, 0.4) is 0 Å². The van der Waals surface area contributed by atoms with Crippen molar-refractivity contribution in [2.45, 2.75) is 51.9 Å². The first kappa shape index (κ1) is 22.8. The minimum absolute atomic E-state index is 0.181. The number of alkyl halides is 1. The highest BCUT2D eigenvalue weighted by atomic mass is 35.5. The molecule has 0 aromatic heterocycles. The standard InChI is InChI=1S/C19H27ClN2O5/c1-19(2,3)27-18(25)22-15(16(23)12-20)10-7-11-21-17(24)26-13-14-8-5-4-6-9-14/h4-6,8-9,15H,7,10-13H2,1-3H3,(H,21,24)(H,22,25). The van der Waals surface area contributed by atoms with Crippen molar-refractivity contribution in [2.24, 2.45) is 0 Å². The van der Waals surface area contributed by atoms with Crippen LogP contribution < -0.4 is 10.6 Å². The Hall–Kier alpha value is -2.28. The summed E-state index contributed by atoms with van der Waals surface area (Å²) in [5.41, 5.74) is 0.227. The molecule has 150 valence electrons. The van der Waals surface area contributed by atoms with Gasteiger partial charge in [-0.3, -0.25) is 4.79 Å². The third kappa shape index (κ3) is 10.5. The first-order chi connectivity index (χ1) is 12.7. The van der Waals surface area contributed by atoms with Crippen molar-refractivity contribution in [2.75, 3.05) is 12.4 Å². The number of amides is 2. The van der Waals surface area contributed by atoms with Gasteiger partial charge in [0.1, 0.15) is 12.2 Å². The van der Waals surface area contributed by atoms with E-state index in [1.807, 2.05) is 30.3 Å². The first-order valence-corrected chi connectivity index (χ1v) is 9.27. The number of benzene rings is 1. The quantitative estimate of drug-likeness (QED) is 0.491. The van der Waals surface area contributed by atoms with Gasteiger partial charge in [-0.15, -0.1) is 11.6 Å². The van der Waals surface area contributed by atoms with Crippen LogP contribution >= 0.6 is 11.6 Å². The van der Waals surface area contributed by atoms with Crippen LogP contribution in [0.5, 0.6) is 0 Å². The van der Waals surface area contributed by atoms with Crippen LogP contribution in [-0.2, 0) is 20.9 Å². The molecule has 1 rings (SSSR count). The van der Waals surface area contributed by atoms with Gasteiger partial charge in [0.05, 0.1) is 11.9 Å². The normalized spacial score (nSPS) is 12.0. The number of carbonyl (C=O) groups excluding carboxylic acids is 3. The van der Waals surface area contributed by atoms with E-state index in [0.29, 0.717) is 19.4 Å². The summed E-state index contributed by atoms with van der Waals surface area (Å²) in [5, 5.41) is 5.13. The minimum Gasteiger partial charge on any atom is -0.445 e. The van der Waals surface area contributed by atoms with Crippen LogP contribution in [0, 0.1) is 0 Å². The first-order valence-electron chi connectivity index (χ1n) is 8.74. The van der Waals surface area contributed by atoms with Gasteiger partial charge in [0.2, 0.25) is 0 Å². The number of rotatable bonds is 9. The van der Waals surface area contributed by atoms with Gasteiger partial charge in [-0.25, -0.2) is 9.59 Å². The maximum Gasteiger partial charge on any atom is 0.408 e. The number of carbonyl (C=O) groups is 3. The molecule has 0 aliphatic heterocycles. The van der Waals surface area contributed by atoms with Gasteiger partial charge in [0.15, 0.2) is 5.78 Å². The van der Waals surface area contributed by atoms with E-state index < -0.39 is 23.8 Å². The molecule has 0 fully saturated rings. The molecule has 0 aliphatic carbocycles. The molecule has 1 unspecified atom stereocenters. The second-order valence-corrected chi connectivity index (χ2v) is 7.20. The number of ether oxygens (including phenoxy) is 2. The van der Waals surface area contributed by atoms with Crippen LogP contribution in [0.4, 0.5) is 9.59 Å². The molecule has 0 heterocycles. The lowest BCUT2D eigenvalue weighted by Gasteiger charge is -2.22. The highest BCUT2D eigenvalue weighted by Gasteiger charge is 2.23. The molecule has 1 aromatic rings. The molecule has 1 atom stereocenters. The monoisotopic (exact) mass is 398 g/mol. The van der Waals surface area contributed by atoms with E-state index in [4.69, 9.17) is 21.1 Å². The second kappa shape index (κ2) is 11.4. The zero-order valence-corrected chi connectivity index (χ0v) is 16.7. The van der Waals surface area contributed by atoms with E-state index in [-0.39, 0.29) is 18.3 Å². The third-order valence-electron chi connectivity index (χ3n) is 3.36. The second-order valence-electron chi connectivity index (χ2n) is 6.93. The fraction of sp³-hybridized carbons (Fsp3) is 0.526.